The van der Waals surface area contributed by atoms with Gasteiger partial charge in [0.25, 0.3) is 0 Å². The second-order valence-corrected chi connectivity index (χ2v) is 3.70. The van der Waals surface area contributed by atoms with Gasteiger partial charge in [-0.25, -0.2) is 4.79 Å². The molecule has 0 amide bonds. The average Bonchev–Trinajstić information content (AvgIpc) is 1.98. The van der Waals surface area contributed by atoms with Crippen molar-refractivity contribution in [2.45, 2.75) is 13.1 Å². The molecule has 0 aliphatic rings. The fourth-order valence-corrected chi connectivity index (χ4v) is 1.11. The summed E-state index contributed by atoms with van der Waals surface area (Å²) in [7, 11) is -4.98. The molecule has 0 aromatic heterocycles. The van der Waals surface area contributed by atoms with Crippen LogP contribution in [0.3, 0.4) is 0 Å². The molecule has 0 saturated heterocycles. The van der Waals surface area contributed by atoms with Crippen LogP contribution < -0.4 is 23.8 Å². The quantitative estimate of drug-likeness (QED) is 0.433. The maximum absolute atomic E-state index is 11.5. The van der Waals surface area contributed by atoms with Crippen molar-refractivity contribution < 1.29 is 55.5 Å². The Bertz CT molecular complexity index is 256. The molecule has 0 fully saturated rings. The molecule has 0 heterocycles. The van der Waals surface area contributed by atoms with E-state index in [1.165, 1.54) is 6.92 Å². The third kappa shape index (κ3) is 7.88. The van der Waals surface area contributed by atoms with Crippen molar-refractivity contribution in [3.8, 4) is 0 Å². The molecule has 0 aliphatic carbocycles. The van der Waals surface area contributed by atoms with Crippen molar-refractivity contribution in [1.82, 2.24) is 0 Å². The van der Waals surface area contributed by atoms with Gasteiger partial charge in [0.15, 0.2) is 6.61 Å². The van der Waals surface area contributed by atoms with Crippen LogP contribution >= 0.6 is 7.60 Å². The van der Waals surface area contributed by atoms with Crippen LogP contribution in [0.25, 0.3) is 0 Å². The van der Waals surface area contributed by atoms with Crippen molar-refractivity contribution in [2.24, 2.45) is 0 Å². The van der Waals surface area contributed by atoms with Gasteiger partial charge in [-0.1, -0.05) is 0 Å². The van der Waals surface area contributed by atoms with Crippen molar-refractivity contribution in [3.63, 3.8) is 0 Å². The van der Waals surface area contributed by atoms with E-state index in [0.717, 1.165) is 0 Å². The van der Waals surface area contributed by atoms with E-state index in [1.807, 2.05) is 0 Å². The van der Waals surface area contributed by atoms with Crippen LogP contribution in [0.4, 0.5) is 18.0 Å². The van der Waals surface area contributed by atoms with Crippen LogP contribution in [0.2, 0.25) is 0 Å². The zero-order valence-electron chi connectivity index (χ0n) is 8.04. The molecular weight excluding hydrogens is 235 g/mol. The molecule has 0 aromatic rings. The van der Waals surface area contributed by atoms with E-state index in [0.29, 0.717) is 0 Å². The maximum Gasteiger partial charge on any atom is 1.00 e. The Hall–Kier alpha value is 0.00740. The van der Waals surface area contributed by atoms with Gasteiger partial charge in [-0.3, -0.25) is 4.57 Å². The minimum Gasteiger partial charge on any atom is -0.770 e. The number of rotatable bonds is 4. The first-order valence-electron chi connectivity index (χ1n) is 3.38. The second kappa shape index (κ2) is 6.56. The summed E-state index contributed by atoms with van der Waals surface area (Å²) in [5.74, 6) is 0. The minimum atomic E-state index is -4.98. The number of hydrogen-bond donors (Lipinski definition) is 0. The summed E-state index contributed by atoms with van der Waals surface area (Å²) in [6.07, 6.45) is -4.76. The number of hydrogen-bond acceptors (Lipinski definition) is 5. The van der Waals surface area contributed by atoms with Gasteiger partial charge < -0.3 is 14.2 Å². The van der Waals surface area contributed by atoms with Crippen LogP contribution in [-0.2, 0) is 13.8 Å². The topological polar surface area (TPSA) is 75.7 Å². The third-order valence-corrected chi connectivity index (χ3v) is 2.06. The van der Waals surface area contributed by atoms with Gasteiger partial charge in [0.05, 0.1) is 6.61 Å². The van der Waals surface area contributed by atoms with E-state index in [1.54, 1.807) is 0 Å². The molecule has 0 saturated carbocycles. The summed E-state index contributed by atoms with van der Waals surface area (Å²) >= 11 is 0. The number of alkyl halides is 3. The number of halogens is 3. The summed E-state index contributed by atoms with van der Waals surface area (Å²) < 4.78 is 52.4. The Morgan fingerprint density at radius 3 is 2.27 bits per heavy atom. The molecule has 0 N–H and O–H groups in total. The van der Waals surface area contributed by atoms with Gasteiger partial charge in [0.2, 0.25) is 7.60 Å². The first-order valence-corrected chi connectivity index (χ1v) is 4.93. The van der Waals surface area contributed by atoms with Crippen LogP contribution in [0.15, 0.2) is 0 Å². The van der Waals surface area contributed by atoms with E-state index in [4.69, 9.17) is 0 Å². The number of carbonyl (C=O) groups excluding carboxylic acids is 1. The molecule has 84 valence electrons. The van der Waals surface area contributed by atoms with E-state index in [2.05, 4.69) is 9.26 Å². The Morgan fingerprint density at radius 1 is 1.47 bits per heavy atom. The monoisotopic (exact) mass is 242 g/mol. The smallest absolute Gasteiger partial charge is 0.770 e. The first-order chi connectivity index (χ1) is 6.19. The Balaban J connectivity index is 0. The molecule has 0 spiro atoms. The molecule has 0 bridgehead atoms. The van der Waals surface area contributed by atoms with Crippen LogP contribution in [0.5, 0.6) is 0 Å². The molecule has 0 radical (unpaired) electrons. The third-order valence-electron chi connectivity index (χ3n) is 0.882. The van der Waals surface area contributed by atoms with Crippen LogP contribution in [-0.4, -0.2) is 25.1 Å². The van der Waals surface area contributed by atoms with Gasteiger partial charge in [-0.15, -0.1) is 0 Å². The Labute approximate surface area is 95.6 Å². The summed E-state index contributed by atoms with van der Waals surface area (Å²) in [6.45, 7) is -1.03. The van der Waals surface area contributed by atoms with Crippen LogP contribution in [0.1, 0.15) is 6.92 Å². The Morgan fingerprint density at radius 2 is 1.93 bits per heavy atom. The van der Waals surface area contributed by atoms with Gasteiger partial charge in [-0.2, -0.15) is 13.2 Å². The molecule has 5 nitrogen and oxygen atoms in total. The first kappa shape index (κ1) is 17.4. The summed E-state index contributed by atoms with van der Waals surface area (Å²) in [5, 5.41) is 0. The van der Waals surface area contributed by atoms with Gasteiger partial charge >= 0.3 is 30.7 Å². The zero-order chi connectivity index (χ0) is 11.4. The van der Waals surface area contributed by atoms with E-state index >= 15 is 0 Å². The fraction of sp³-hybridized carbons (Fsp3) is 0.800. The fourth-order valence-electron chi connectivity index (χ4n) is 0.445. The molecule has 15 heavy (non-hydrogen) atoms. The van der Waals surface area contributed by atoms with Gasteiger partial charge in [0, 0.05) is 0 Å². The van der Waals surface area contributed by atoms with Gasteiger partial charge in [0.1, 0.15) is 0 Å². The summed E-state index contributed by atoms with van der Waals surface area (Å²) in [5.41, 5.74) is -2.02. The average molecular weight is 242 g/mol. The maximum atomic E-state index is 11.5. The van der Waals surface area contributed by atoms with Crippen molar-refractivity contribution in [1.29, 1.82) is 0 Å². The van der Waals surface area contributed by atoms with E-state index < -0.39 is 26.1 Å². The number of ether oxygens (including phenoxy) is 1. The zero-order valence-corrected chi connectivity index (χ0v) is 8.93. The van der Waals surface area contributed by atoms with Crippen LogP contribution in [0, 0.1) is 0 Å². The second-order valence-electron chi connectivity index (χ2n) is 2.09. The van der Waals surface area contributed by atoms with E-state index in [-0.39, 0.29) is 25.5 Å². The molecule has 0 rings (SSSR count). The largest absolute Gasteiger partial charge is 1.00 e. The van der Waals surface area contributed by atoms with Crippen molar-refractivity contribution >= 4 is 13.3 Å². The minimum absolute atomic E-state index is 0. The molecule has 10 heteroatoms. The predicted octanol–water partition coefficient (Wildman–Crippen LogP) is -1.72. The molecule has 1 unspecified atom stereocenters. The van der Waals surface area contributed by atoms with E-state index in [9.17, 15) is 27.4 Å². The van der Waals surface area contributed by atoms with Gasteiger partial charge in [-0.05, 0) is 6.92 Å². The summed E-state index contributed by atoms with van der Waals surface area (Å²) in [4.78, 5) is 21.1. The molecule has 0 aliphatic heterocycles. The summed E-state index contributed by atoms with van der Waals surface area (Å²) in [6, 6.07) is 0. The molecule has 0 aromatic carbocycles. The SMILES string of the molecule is CCOP(=O)([O-])C(=O)OCC(F)(F)F.[Li+]. The predicted molar refractivity (Wildman–Crippen MR) is 36.6 cm³/mol. The van der Waals surface area contributed by atoms with Crippen molar-refractivity contribution in [3.05, 3.63) is 0 Å². The normalized spacial score (nSPS) is 15.0. The standard InChI is InChI=1S/C5H8F3O5P.Li/c1-2-13-14(10,11)4(9)12-3-5(6,7)8;/h2-3H2,1H3,(H,10,11);/q;+1/p-1. The molecule has 1 atom stereocenters. The van der Waals surface area contributed by atoms with Crippen molar-refractivity contribution in [2.75, 3.05) is 13.2 Å². The number of carbonyl (C=O) groups is 1. The Kier molecular flexibility index (Phi) is 7.61. The molecular formula is C5H7F3LiO5P.